The second-order valence-electron chi connectivity index (χ2n) is 6.28. The molecule has 1 aromatic heterocycles. The molecule has 0 aromatic carbocycles. The van der Waals surface area contributed by atoms with Crippen LogP contribution in [0.5, 0.6) is 0 Å². The van der Waals surface area contributed by atoms with E-state index in [1.165, 1.54) is 32.1 Å². The molecule has 4 fully saturated rings. The summed E-state index contributed by atoms with van der Waals surface area (Å²) in [5.74, 6) is 4.70. The third-order valence-corrected chi connectivity index (χ3v) is 5.55. The van der Waals surface area contributed by atoms with Crippen LogP contribution in [-0.4, -0.2) is 9.97 Å². The van der Waals surface area contributed by atoms with E-state index >= 15 is 0 Å². The molecule has 0 atom stereocenters. The van der Waals surface area contributed by atoms with E-state index < -0.39 is 0 Å². The molecule has 0 aliphatic heterocycles. The van der Waals surface area contributed by atoms with E-state index in [0.29, 0.717) is 17.0 Å². The summed E-state index contributed by atoms with van der Waals surface area (Å²) in [7, 11) is 0. The average molecular weight is 252 g/mol. The molecule has 17 heavy (non-hydrogen) atoms. The van der Waals surface area contributed by atoms with Crippen molar-refractivity contribution in [1.29, 1.82) is 0 Å². The molecule has 5 rings (SSSR count). The SMILES string of the molecule is Nc1nc(Cl)c(C2C3CC4CC(C3)CC2C4)[nH]1. The van der Waals surface area contributed by atoms with E-state index in [1.54, 1.807) is 0 Å². The molecule has 0 radical (unpaired) electrons. The lowest BCUT2D eigenvalue weighted by molar-refractivity contribution is -0.00396. The van der Waals surface area contributed by atoms with Crippen molar-refractivity contribution < 1.29 is 0 Å². The van der Waals surface area contributed by atoms with Gasteiger partial charge in [-0.1, -0.05) is 11.6 Å². The summed E-state index contributed by atoms with van der Waals surface area (Å²) in [6.45, 7) is 0. The average Bonchev–Trinajstić information content (AvgIpc) is 2.56. The molecule has 0 unspecified atom stereocenters. The largest absolute Gasteiger partial charge is 0.369 e. The number of hydrogen-bond acceptors (Lipinski definition) is 2. The lowest BCUT2D eigenvalue weighted by Gasteiger charge is -2.54. The molecular formula is C13H18ClN3. The van der Waals surface area contributed by atoms with Gasteiger partial charge in [0, 0.05) is 5.92 Å². The van der Waals surface area contributed by atoms with Crippen LogP contribution in [0.4, 0.5) is 5.95 Å². The first-order valence-electron chi connectivity index (χ1n) is 6.71. The van der Waals surface area contributed by atoms with Crippen LogP contribution in [0.3, 0.4) is 0 Å². The molecule has 92 valence electrons. The van der Waals surface area contributed by atoms with Crippen LogP contribution in [0.1, 0.15) is 43.7 Å². The minimum Gasteiger partial charge on any atom is -0.369 e. The Morgan fingerprint density at radius 2 is 1.65 bits per heavy atom. The zero-order valence-electron chi connectivity index (χ0n) is 9.82. The van der Waals surface area contributed by atoms with E-state index in [4.69, 9.17) is 17.3 Å². The molecule has 0 amide bonds. The van der Waals surface area contributed by atoms with E-state index in [2.05, 4.69) is 9.97 Å². The summed E-state index contributed by atoms with van der Waals surface area (Å²) in [6, 6.07) is 0. The number of imidazole rings is 1. The monoisotopic (exact) mass is 251 g/mol. The number of nitrogens with zero attached hydrogens (tertiary/aromatic N) is 1. The number of nitrogen functional groups attached to an aromatic ring is 1. The fourth-order valence-electron chi connectivity index (χ4n) is 5.00. The Morgan fingerprint density at radius 1 is 1.06 bits per heavy atom. The lowest BCUT2D eigenvalue weighted by Crippen LogP contribution is -2.44. The summed E-state index contributed by atoms with van der Waals surface area (Å²) in [4.78, 5) is 7.34. The van der Waals surface area contributed by atoms with Gasteiger partial charge in [-0.3, -0.25) is 0 Å². The maximum Gasteiger partial charge on any atom is 0.199 e. The Balaban J connectivity index is 1.72. The van der Waals surface area contributed by atoms with Gasteiger partial charge in [-0.25, -0.2) is 4.98 Å². The van der Waals surface area contributed by atoms with Crippen molar-refractivity contribution in [3.05, 3.63) is 10.8 Å². The van der Waals surface area contributed by atoms with E-state index in [1.807, 2.05) is 0 Å². The summed E-state index contributed by atoms with van der Waals surface area (Å²) in [5, 5.41) is 0.611. The van der Waals surface area contributed by atoms with Gasteiger partial charge in [-0.15, -0.1) is 0 Å². The predicted molar refractivity (Wildman–Crippen MR) is 67.8 cm³/mol. The number of aromatic amines is 1. The van der Waals surface area contributed by atoms with E-state index in [0.717, 1.165) is 29.4 Å². The van der Waals surface area contributed by atoms with Gasteiger partial charge < -0.3 is 10.7 Å². The highest BCUT2D eigenvalue weighted by molar-refractivity contribution is 6.30. The van der Waals surface area contributed by atoms with Gasteiger partial charge in [-0.05, 0) is 55.8 Å². The molecule has 1 heterocycles. The molecule has 4 heteroatoms. The van der Waals surface area contributed by atoms with Gasteiger partial charge in [0.1, 0.15) is 0 Å². The summed E-state index contributed by atoms with van der Waals surface area (Å²) >= 11 is 6.22. The number of anilines is 1. The van der Waals surface area contributed by atoms with Gasteiger partial charge in [0.25, 0.3) is 0 Å². The molecule has 0 spiro atoms. The molecular weight excluding hydrogens is 234 g/mol. The molecule has 4 saturated carbocycles. The second-order valence-corrected chi connectivity index (χ2v) is 6.64. The molecule has 1 aromatic rings. The first-order chi connectivity index (χ1) is 8.20. The Kier molecular flexibility index (Phi) is 2.05. The third-order valence-electron chi connectivity index (χ3n) is 5.26. The van der Waals surface area contributed by atoms with E-state index in [9.17, 15) is 0 Å². The number of nitrogens with two attached hydrogens (primary N) is 1. The van der Waals surface area contributed by atoms with Crippen LogP contribution in [0.15, 0.2) is 0 Å². The van der Waals surface area contributed by atoms with Crippen LogP contribution < -0.4 is 5.73 Å². The maximum atomic E-state index is 6.22. The highest BCUT2D eigenvalue weighted by Crippen LogP contribution is 2.60. The van der Waals surface area contributed by atoms with Crippen molar-refractivity contribution in [1.82, 2.24) is 9.97 Å². The fraction of sp³-hybridized carbons (Fsp3) is 0.769. The molecule has 4 bridgehead atoms. The van der Waals surface area contributed by atoms with Crippen molar-refractivity contribution in [2.75, 3.05) is 5.73 Å². The van der Waals surface area contributed by atoms with E-state index in [-0.39, 0.29) is 0 Å². The fourth-order valence-corrected chi connectivity index (χ4v) is 5.27. The van der Waals surface area contributed by atoms with Crippen molar-refractivity contribution in [2.45, 2.75) is 38.0 Å². The van der Waals surface area contributed by atoms with Crippen molar-refractivity contribution in [2.24, 2.45) is 23.7 Å². The Bertz CT molecular complexity index is 426. The van der Waals surface area contributed by atoms with Gasteiger partial charge >= 0.3 is 0 Å². The quantitative estimate of drug-likeness (QED) is 0.806. The maximum absolute atomic E-state index is 6.22. The number of H-pyrrole nitrogens is 1. The molecule has 4 aliphatic carbocycles. The summed E-state index contributed by atoms with van der Waals surface area (Å²) < 4.78 is 0. The number of halogens is 1. The Hall–Kier alpha value is -0.700. The predicted octanol–water partition coefficient (Wildman–Crippen LogP) is 3.19. The number of aromatic nitrogens is 2. The first kappa shape index (κ1) is 10.2. The Morgan fingerprint density at radius 3 is 2.12 bits per heavy atom. The second kappa shape index (κ2) is 3.41. The van der Waals surface area contributed by atoms with Crippen molar-refractivity contribution in [3.8, 4) is 0 Å². The van der Waals surface area contributed by atoms with Gasteiger partial charge in [0.2, 0.25) is 0 Å². The van der Waals surface area contributed by atoms with Crippen LogP contribution in [0.2, 0.25) is 5.15 Å². The topological polar surface area (TPSA) is 54.7 Å². The number of hydrogen-bond donors (Lipinski definition) is 2. The molecule has 4 aliphatic rings. The summed E-state index contributed by atoms with van der Waals surface area (Å²) in [5.41, 5.74) is 6.84. The highest BCUT2D eigenvalue weighted by atomic mass is 35.5. The minimum absolute atomic E-state index is 0.471. The standard InChI is InChI=1S/C13H18ClN3/c14-12-11(16-13(15)17-12)10-8-2-6-1-7(4-8)5-9(10)3-6/h6-10H,1-5H2,(H3,15,16,17). The van der Waals surface area contributed by atoms with Gasteiger partial charge in [0.05, 0.1) is 5.69 Å². The number of nitrogens with one attached hydrogen (secondary N) is 1. The van der Waals surface area contributed by atoms with Crippen LogP contribution >= 0.6 is 11.6 Å². The van der Waals surface area contributed by atoms with Crippen LogP contribution in [0.25, 0.3) is 0 Å². The highest BCUT2D eigenvalue weighted by Gasteiger charge is 2.49. The zero-order valence-corrected chi connectivity index (χ0v) is 10.6. The number of rotatable bonds is 1. The summed E-state index contributed by atoms with van der Waals surface area (Å²) in [6.07, 6.45) is 7.07. The molecule has 0 saturated heterocycles. The van der Waals surface area contributed by atoms with Gasteiger partial charge in [-0.2, -0.15) is 0 Å². The van der Waals surface area contributed by atoms with Crippen molar-refractivity contribution in [3.63, 3.8) is 0 Å². The molecule has 3 nitrogen and oxygen atoms in total. The third kappa shape index (κ3) is 1.44. The van der Waals surface area contributed by atoms with Crippen LogP contribution in [0, 0.1) is 23.7 Å². The zero-order chi connectivity index (χ0) is 11.6. The lowest BCUT2D eigenvalue weighted by atomic mass is 9.51. The van der Waals surface area contributed by atoms with Gasteiger partial charge in [0.15, 0.2) is 11.1 Å². The minimum atomic E-state index is 0.471. The smallest absolute Gasteiger partial charge is 0.199 e. The van der Waals surface area contributed by atoms with Crippen molar-refractivity contribution >= 4 is 17.5 Å². The Labute approximate surface area is 106 Å². The first-order valence-corrected chi connectivity index (χ1v) is 7.09. The normalized spacial score (nSPS) is 43.2. The molecule has 3 N–H and O–H groups in total. The van der Waals surface area contributed by atoms with Crippen LogP contribution in [-0.2, 0) is 0 Å².